The fraction of sp³-hybridized carbons (Fsp3) is 0.792. The number of benzene rings is 1. The average Bonchev–Trinajstić information content (AvgIpc) is 3.54. The highest BCUT2D eigenvalue weighted by molar-refractivity contribution is 7.93. The van der Waals surface area contributed by atoms with E-state index in [0.29, 0.717) is 36.0 Å². The SMILES string of the molecule is C=C1C(=CC(OC(C)=O)C2(S(=O)(=O)c3ccccc3)CCC[C@]3(C)[C@@H]2CC[C@H]3[C@@H](C)CCCC(C)(C)O[Si](CC)(CC)CC)CC(O[Si](C)(C)C(C)(C)C)C[C@@H]1O[Si](C)(C)C(C)(C)C. The molecule has 7 nitrogen and oxygen atoms in total. The number of fused-ring (bicyclic) bond motifs is 1. The van der Waals surface area contributed by atoms with Gasteiger partial charge < -0.3 is 18.0 Å². The van der Waals surface area contributed by atoms with Crippen molar-refractivity contribution < 1.29 is 31.2 Å². The molecule has 0 saturated heterocycles. The summed E-state index contributed by atoms with van der Waals surface area (Å²) in [5.74, 6) is 0.0303. The van der Waals surface area contributed by atoms with Crippen LogP contribution in [0, 0.1) is 23.2 Å². The van der Waals surface area contributed by atoms with Crippen LogP contribution in [-0.2, 0) is 32.6 Å². The summed E-state index contributed by atoms with van der Waals surface area (Å²) in [4.78, 5) is 13.8. The van der Waals surface area contributed by atoms with Gasteiger partial charge in [0.1, 0.15) is 10.9 Å². The van der Waals surface area contributed by atoms with Gasteiger partial charge in [-0.25, -0.2) is 8.42 Å². The third-order valence-electron chi connectivity index (χ3n) is 17.8. The van der Waals surface area contributed by atoms with Gasteiger partial charge in [-0.2, -0.15) is 0 Å². The van der Waals surface area contributed by atoms with Gasteiger partial charge in [0.15, 0.2) is 34.8 Å². The molecule has 3 aliphatic rings. The van der Waals surface area contributed by atoms with E-state index >= 15 is 8.42 Å². The predicted octanol–water partition coefficient (Wildman–Crippen LogP) is 15.0. The van der Waals surface area contributed by atoms with Crippen LogP contribution in [0.5, 0.6) is 0 Å². The standard InChI is InChI=1S/C53H94O7SSi3/c1-20-64(21-2,22-3)60-51(13,14)33-26-28-39(4)45-31-32-47-52(45,15)34-27-35-53(47,61(55,56)44-29-24-23-25-30-44)48(57-41(6)54)37-42-36-43(58-62(16,17)49(7,8)9)38-46(40(42)5)59-63(18,19)50(10,11)12/h23-25,29-30,37,39,43,45-48H,5,20-22,26-28,31-36,38H2,1-4,6-19H3/t39-,43?,45-,46-,47-,48?,52-,53?/m0/s1. The Morgan fingerprint density at radius 2 is 1.45 bits per heavy atom. The van der Waals surface area contributed by atoms with Gasteiger partial charge in [0, 0.05) is 13.3 Å². The summed E-state index contributed by atoms with van der Waals surface area (Å²) < 4.78 is 58.4. The highest BCUT2D eigenvalue weighted by atomic mass is 32.2. The summed E-state index contributed by atoms with van der Waals surface area (Å²) in [7, 11) is -10.3. The van der Waals surface area contributed by atoms with Gasteiger partial charge in [-0.05, 0) is 159 Å². The molecule has 0 amide bonds. The largest absolute Gasteiger partial charge is 0.457 e. The molecule has 0 radical (unpaired) electrons. The lowest BCUT2D eigenvalue weighted by Gasteiger charge is -2.54. The molecular formula is C53H94O7SSi3. The second-order valence-electron chi connectivity index (χ2n) is 24.4. The Balaban J connectivity index is 1.85. The highest BCUT2D eigenvalue weighted by Crippen LogP contribution is 2.65. The minimum atomic E-state index is -4.08. The molecule has 3 aliphatic carbocycles. The van der Waals surface area contributed by atoms with Crippen LogP contribution in [0.3, 0.4) is 0 Å². The van der Waals surface area contributed by atoms with Gasteiger partial charge in [0.25, 0.3) is 0 Å². The third kappa shape index (κ3) is 11.6. The average molecular weight is 960 g/mol. The summed E-state index contributed by atoms with van der Waals surface area (Å²) >= 11 is 0. The Morgan fingerprint density at radius 3 is 1.98 bits per heavy atom. The predicted molar refractivity (Wildman–Crippen MR) is 276 cm³/mol. The molecular weight excluding hydrogens is 865 g/mol. The maximum absolute atomic E-state index is 15.9. The Morgan fingerprint density at radius 1 is 0.891 bits per heavy atom. The molecule has 0 spiro atoms. The first kappa shape index (κ1) is 55.2. The van der Waals surface area contributed by atoms with E-state index in [0.717, 1.165) is 74.2 Å². The van der Waals surface area contributed by atoms with Crippen molar-refractivity contribution in [2.24, 2.45) is 23.2 Å². The van der Waals surface area contributed by atoms with Crippen LogP contribution in [0.1, 0.15) is 161 Å². The minimum Gasteiger partial charge on any atom is -0.457 e. The zero-order valence-electron chi connectivity index (χ0n) is 44.1. The number of carbonyl (C=O) groups is 1. The van der Waals surface area contributed by atoms with Crippen LogP contribution in [0.2, 0.25) is 54.4 Å². The van der Waals surface area contributed by atoms with E-state index < -0.39 is 51.6 Å². The number of rotatable bonds is 19. The first-order chi connectivity index (χ1) is 29.3. The van der Waals surface area contributed by atoms with E-state index in [9.17, 15) is 4.79 Å². The normalized spacial score (nSPS) is 28.2. The van der Waals surface area contributed by atoms with Gasteiger partial charge in [-0.3, -0.25) is 4.79 Å². The molecule has 1 aromatic rings. The van der Waals surface area contributed by atoms with Gasteiger partial charge in [-0.15, -0.1) is 0 Å². The summed E-state index contributed by atoms with van der Waals surface area (Å²) in [6, 6.07) is 12.4. The van der Waals surface area contributed by atoms with Crippen LogP contribution < -0.4 is 0 Å². The molecule has 8 atom stereocenters. The minimum absolute atomic E-state index is 0.00544. The summed E-state index contributed by atoms with van der Waals surface area (Å²) in [6.07, 6.45) is 8.74. The topological polar surface area (TPSA) is 88.1 Å². The zero-order chi connectivity index (χ0) is 48.5. The van der Waals surface area contributed by atoms with Gasteiger partial charge in [0.05, 0.1) is 22.7 Å². The molecule has 64 heavy (non-hydrogen) atoms. The fourth-order valence-electron chi connectivity index (χ4n) is 11.8. The molecule has 3 fully saturated rings. The maximum Gasteiger partial charge on any atom is 0.303 e. The van der Waals surface area contributed by atoms with Crippen molar-refractivity contribution in [3.63, 3.8) is 0 Å². The molecule has 0 bridgehead atoms. The number of carbonyl (C=O) groups excluding carboxylic acids is 1. The number of hydrogen-bond donors (Lipinski definition) is 0. The Hall–Kier alpha value is -1.35. The van der Waals surface area contributed by atoms with Crippen LogP contribution in [-0.4, -0.2) is 68.0 Å². The number of ether oxygens (including phenoxy) is 1. The molecule has 3 saturated carbocycles. The third-order valence-corrected chi connectivity index (χ3v) is 34.2. The monoisotopic (exact) mass is 959 g/mol. The van der Waals surface area contributed by atoms with E-state index in [-0.39, 0.29) is 39.2 Å². The number of esters is 1. The lowest BCUT2D eigenvalue weighted by atomic mass is 9.57. The van der Waals surface area contributed by atoms with Crippen LogP contribution in [0.25, 0.3) is 0 Å². The molecule has 4 rings (SSSR count). The number of sulfone groups is 1. The van der Waals surface area contributed by atoms with Crippen LogP contribution in [0.15, 0.2) is 59.0 Å². The fourth-order valence-corrected chi connectivity index (χ4v) is 20.2. The van der Waals surface area contributed by atoms with Crippen LogP contribution >= 0.6 is 0 Å². The Bertz CT molecular complexity index is 1880. The molecule has 366 valence electrons. The lowest BCUT2D eigenvalue weighted by Crippen LogP contribution is -2.61. The molecule has 3 unspecified atom stereocenters. The van der Waals surface area contributed by atoms with Crippen molar-refractivity contribution in [1.82, 2.24) is 0 Å². The van der Waals surface area contributed by atoms with Gasteiger partial charge >= 0.3 is 5.97 Å². The smallest absolute Gasteiger partial charge is 0.303 e. The highest BCUT2D eigenvalue weighted by Gasteiger charge is 2.67. The van der Waals surface area contributed by atoms with Crippen molar-refractivity contribution in [3.8, 4) is 0 Å². The van der Waals surface area contributed by atoms with Gasteiger partial charge in [0.2, 0.25) is 0 Å². The first-order valence-electron chi connectivity index (χ1n) is 25.2. The molecule has 0 aliphatic heterocycles. The molecule has 0 heterocycles. The molecule has 0 N–H and O–H groups in total. The molecule has 11 heteroatoms. The Kier molecular flexibility index (Phi) is 17.5. The van der Waals surface area contributed by atoms with Crippen molar-refractivity contribution in [3.05, 3.63) is 54.1 Å². The second kappa shape index (κ2) is 20.3. The van der Waals surface area contributed by atoms with Crippen molar-refractivity contribution >= 4 is 40.8 Å². The van der Waals surface area contributed by atoms with Crippen molar-refractivity contribution in [2.45, 2.75) is 249 Å². The summed E-state index contributed by atoms with van der Waals surface area (Å²) in [5.41, 5.74) is 1.30. The van der Waals surface area contributed by atoms with E-state index in [1.54, 1.807) is 12.1 Å². The quantitative estimate of drug-likeness (QED) is 0.101. The Labute approximate surface area is 396 Å². The van der Waals surface area contributed by atoms with E-state index in [2.05, 4.69) is 116 Å². The van der Waals surface area contributed by atoms with Crippen molar-refractivity contribution in [1.29, 1.82) is 0 Å². The molecule has 1 aromatic carbocycles. The molecule has 0 aromatic heterocycles. The van der Waals surface area contributed by atoms with Crippen LogP contribution in [0.4, 0.5) is 0 Å². The maximum atomic E-state index is 15.9. The number of hydrogen-bond acceptors (Lipinski definition) is 7. The summed E-state index contributed by atoms with van der Waals surface area (Å²) in [6.45, 7) is 45.1. The van der Waals surface area contributed by atoms with E-state index in [1.165, 1.54) is 6.92 Å². The summed E-state index contributed by atoms with van der Waals surface area (Å²) in [5, 5.41) is -0.0354. The van der Waals surface area contributed by atoms with E-state index in [1.807, 2.05) is 24.3 Å². The van der Waals surface area contributed by atoms with Crippen molar-refractivity contribution in [2.75, 3.05) is 0 Å². The zero-order valence-corrected chi connectivity index (χ0v) is 47.9. The first-order valence-corrected chi connectivity index (χ1v) is 35.0. The lowest BCUT2D eigenvalue weighted by molar-refractivity contribution is -0.148. The van der Waals surface area contributed by atoms with E-state index in [4.69, 9.17) is 24.6 Å². The second-order valence-corrected chi connectivity index (χ2v) is 40.8. The van der Waals surface area contributed by atoms with Gasteiger partial charge in [-0.1, -0.05) is 120 Å².